The summed E-state index contributed by atoms with van der Waals surface area (Å²) >= 11 is 6.22. The molecule has 3 heteroatoms. The summed E-state index contributed by atoms with van der Waals surface area (Å²) < 4.78 is 0. The van der Waals surface area contributed by atoms with E-state index in [0.29, 0.717) is 14.5 Å². The van der Waals surface area contributed by atoms with Gasteiger partial charge in [-0.25, -0.2) is 0 Å². The number of benzene rings is 1. The van der Waals surface area contributed by atoms with Gasteiger partial charge in [-0.05, 0) is 0 Å². The average Bonchev–Trinajstić information content (AvgIpc) is 2.58. The Labute approximate surface area is 81.8 Å². The molecule has 12 heavy (non-hydrogen) atoms. The standard InChI is InChI=1S/C9H6ClNSe/c10-8-3-1-7(2-4-8)9-5-12-6-11-9/h1-6H. The van der Waals surface area contributed by atoms with E-state index in [2.05, 4.69) is 9.92 Å². The molecular weight excluding hydrogens is 237 g/mol. The molecule has 0 saturated carbocycles. The monoisotopic (exact) mass is 243 g/mol. The molecule has 0 saturated heterocycles. The molecule has 0 aliphatic carbocycles. The number of rotatable bonds is 1. The molecule has 0 unspecified atom stereocenters. The maximum atomic E-state index is 5.76. The second kappa shape index (κ2) is 3.44. The Balaban J connectivity index is 2.43. The van der Waals surface area contributed by atoms with Gasteiger partial charge in [0, 0.05) is 0 Å². The Morgan fingerprint density at radius 3 is 2.50 bits per heavy atom. The van der Waals surface area contributed by atoms with Crippen LogP contribution in [0.5, 0.6) is 0 Å². The normalized spacial score (nSPS) is 10.1. The molecule has 0 fully saturated rings. The molecule has 1 nitrogen and oxygen atoms in total. The van der Waals surface area contributed by atoms with Gasteiger partial charge in [-0.3, -0.25) is 0 Å². The van der Waals surface area contributed by atoms with Crippen LogP contribution in [0.3, 0.4) is 0 Å². The number of hydrogen-bond acceptors (Lipinski definition) is 1. The second-order valence-corrected chi connectivity index (χ2v) is 4.32. The Morgan fingerprint density at radius 1 is 1.17 bits per heavy atom. The molecule has 1 aromatic carbocycles. The van der Waals surface area contributed by atoms with Crippen molar-refractivity contribution in [3.63, 3.8) is 0 Å². The van der Waals surface area contributed by atoms with Crippen molar-refractivity contribution < 1.29 is 0 Å². The van der Waals surface area contributed by atoms with Crippen LogP contribution < -0.4 is 0 Å². The summed E-state index contributed by atoms with van der Waals surface area (Å²) in [6.45, 7) is 0. The van der Waals surface area contributed by atoms with Gasteiger partial charge < -0.3 is 0 Å². The van der Waals surface area contributed by atoms with Crippen molar-refractivity contribution in [3.05, 3.63) is 39.3 Å². The van der Waals surface area contributed by atoms with E-state index in [1.54, 1.807) is 0 Å². The quantitative estimate of drug-likeness (QED) is 0.700. The summed E-state index contributed by atoms with van der Waals surface area (Å²) in [6, 6.07) is 7.76. The van der Waals surface area contributed by atoms with Gasteiger partial charge in [0.15, 0.2) is 0 Å². The molecule has 2 rings (SSSR count). The summed E-state index contributed by atoms with van der Waals surface area (Å²) in [6.07, 6.45) is 0. The molecule has 0 atom stereocenters. The fourth-order valence-corrected chi connectivity index (χ4v) is 2.28. The zero-order valence-electron chi connectivity index (χ0n) is 6.20. The van der Waals surface area contributed by atoms with Crippen molar-refractivity contribution in [1.29, 1.82) is 0 Å². The average molecular weight is 243 g/mol. The molecule has 0 N–H and O–H groups in total. The molecule has 0 radical (unpaired) electrons. The van der Waals surface area contributed by atoms with Crippen LogP contribution in [0.1, 0.15) is 0 Å². The zero-order valence-corrected chi connectivity index (χ0v) is 8.67. The predicted octanol–water partition coefficient (Wildman–Crippen LogP) is 2.46. The Kier molecular flexibility index (Phi) is 2.31. The molecule has 2 aromatic rings. The molecular formula is C9H6ClNSe. The van der Waals surface area contributed by atoms with Crippen molar-refractivity contribution in [2.24, 2.45) is 0 Å². The summed E-state index contributed by atoms with van der Waals surface area (Å²) in [5.41, 5.74) is 2.22. The van der Waals surface area contributed by atoms with Crippen LogP contribution in [-0.2, 0) is 0 Å². The van der Waals surface area contributed by atoms with Gasteiger partial charge in [0.05, 0.1) is 0 Å². The van der Waals surface area contributed by atoms with Crippen molar-refractivity contribution in [2.45, 2.75) is 0 Å². The van der Waals surface area contributed by atoms with E-state index >= 15 is 0 Å². The van der Waals surface area contributed by atoms with E-state index in [1.165, 1.54) is 0 Å². The first-order valence-electron chi connectivity index (χ1n) is 3.50. The summed E-state index contributed by atoms with van der Waals surface area (Å²) in [7, 11) is 0. The molecule has 0 bridgehead atoms. The van der Waals surface area contributed by atoms with Crippen molar-refractivity contribution in [1.82, 2.24) is 4.98 Å². The molecule has 0 spiro atoms. The van der Waals surface area contributed by atoms with Gasteiger partial charge >= 0.3 is 81.6 Å². The van der Waals surface area contributed by atoms with E-state index in [-0.39, 0.29) is 0 Å². The fourth-order valence-electron chi connectivity index (χ4n) is 0.976. The minimum absolute atomic E-state index is 0.453. The summed E-state index contributed by atoms with van der Waals surface area (Å²) in [5, 5.41) is 2.74. The Hall–Kier alpha value is -0.561. The van der Waals surface area contributed by atoms with E-state index in [0.717, 1.165) is 16.3 Å². The number of nitrogens with zero attached hydrogens (tertiary/aromatic N) is 1. The van der Waals surface area contributed by atoms with Crippen LogP contribution in [-0.4, -0.2) is 19.5 Å². The molecule has 60 valence electrons. The van der Waals surface area contributed by atoms with Crippen LogP contribution >= 0.6 is 11.6 Å². The van der Waals surface area contributed by atoms with Gasteiger partial charge in [-0.1, -0.05) is 0 Å². The summed E-state index contributed by atoms with van der Waals surface area (Å²) in [5.74, 6) is 0. The van der Waals surface area contributed by atoms with Crippen molar-refractivity contribution >= 4 is 26.1 Å². The molecule has 0 aliphatic heterocycles. The summed E-state index contributed by atoms with van der Waals surface area (Å²) in [4.78, 5) is 6.42. The third kappa shape index (κ3) is 1.61. The van der Waals surface area contributed by atoms with E-state index < -0.39 is 0 Å². The molecule has 0 aliphatic rings. The van der Waals surface area contributed by atoms with E-state index in [1.807, 2.05) is 29.3 Å². The molecule has 0 amide bonds. The van der Waals surface area contributed by atoms with Gasteiger partial charge in [0.1, 0.15) is 0 Å². The van der Waals surface area contributed by atoms with E-state index in [4.69, 9.17) is 11.6 Å². The molecule has 1 heterocycles. The second-order valence-electron chi connectivity index (χ2n) is 2.38. The topological polar surface area (TPSA) is 12.9 Å². The molecule has 1 aromatic heterocycles. The van der Waals surface area contributed by atoms with Crippen LogP contribution in [0.25, 0.3) is 11.3 Å². The first kappa shape index (κ1) is 8.06. The minimum atomic E-state index is 0.453. The predicted molar refractivity (Wildman–Crippen MR) is 51.6 cm³/mol. The number of hydrogen-bond donors (Lipinski definition) is 0. The van der Waals surface area contributed by atoms with Crippen LogP contribution in [0, 0.1) is 0 Å². The first-order chi connectivity index (χ1) is 5.86. The maximum absolute atomic E-state index is 5.76. The third-order valence-corrected chi connectivity index (χ3v) is 3.05. The van der Waals surface area contributed by atoms with Gasteiger partial charge in [-0.2, -0.15) is 0 Å². The van der Waals surface area contributed by atoms with Crippen LogP contribution in [0.4, 0.5) is 0 Å². The van der Waals surface area contributed by atoms with Crippen molar-refractivity contribution in [2.75, 3.05) is 0 Å². The SMILES string of the molecule is Clc1ccc(-c2c[se]cn2)cc1. The van der Waals surface area contributed by atoms with E-state index in [9.17, 15) is 0 Å². The van der Waals surface area contributed by atoms with Crippen molar-refractivity contribution in [3.8, 4) is 11.3 Å². The first-order valence-corrected chi connectivity index (χ1v) is 5.86. The van der Waals surface area contributed by atoms with Gasteiger partial charge in [-0.15, -0.1) is 0 Å². The van der Waals surface area contributed by atoms with Crippen LogP contribution in [0.2, 0.25) is 5.02 Å². The number of aromatic nitrogens is 1. The fraction of sp³-hybridized carbons (Fsp3) is 0. The zero-order chi connectivity index (χ0) is 8.39. The number of halogens is 1. The Morgan fingerprint density at radius 2 is 1.92 bits per heavy atom. The van der Waals surface area contributed by atoms with Gasteiger partial charge in [0.2, 0.25) is 0 Å². The third-order valence-electron chi connectivity index (χ3n) is 1.57. The Bertz CT molecular complexity index is 353. The van der Waals surface area contributed by atoms with Gasteiger partial charge in [0.25, 0.3) is 0 Å². The van der Waals surface area contributed by atoms with Crippen LogP contribution in [0.15, 0.2) is 34.3 Å².